The molecule has 2 aromatic heterocycles. The number of nitrogens with one attached hydrogen (secondary N) is 3. The zero-order valence-corrected chi connectivity index (χ0v) is 20.2. The largest absolute Gasteiger partial charge is 0.344 e. The van der Waals surface area contributed by atoms with Crippen molar-refractivity contribution >= 4 is 30.2 Å². The molecule has 1 amide bonds. The van der Waals surface area contributed by atoms with Gasteiger partial charge in [-0.1, -0.05) is 23.7 Å². The molecule has 0 radical (unpaired) electrons. The van der Waals surface area contributed by atoms with Crippen molar-refractivity contribution in [3.05, 3.63) is 95.5 Å². The number of rotatable bonds is 6. The second kappa shape index (κ2) is 9.22. The normalized spacial score (nSPS) is 15.6. The highest BCUT2D eigenvalue weighted by atomic mass is 19.1. The maximum atomic E-state index is 13.7. The fraction of sp³-hybridized carbons (Fsp3) is 0.148. The molecule has 10 heteroatoms. The Balaban J connectivity index is 1.34. The van der Waals surface area contributed by atoms with Gasteiger partial charge in [-0.15, -0.1) is 0 Å². The summed E-state index contributed by atoms with van der Waals surface area (Å²) in [5, 5.41) is 12.6. The van der Waals surface area contributed by atoms with Crippen LogP contribution in [0.15, 0.2) is 72.9 Å². The first-order valence-corrected chi connectivity index (χ1v) is 12.0. The van der Waals surface area contributed by atoms with Gasteiger partial charge in [0.15, 0.2) is 11.8 Å². The fourth-order valence-electron chi connectivity index (χ4n) is 4.69. The van der Waals surface area contributed by atoms with E-state index in [0.29, 0.717) is 18.7 Å². The van der Waals surface area contributed by atoms with E-state index in [4.69, 9.17) is 15.2 Å². The number of halogens is 1. The third-order valence-corrected chi connectivity index (χ3v) is 6.64. The number of carbonyl (C=O) groups is 1. The van der Waals surface area contributed by atoms with Crippen LogP contribution in [0.1, 0.15) is 17.4 Å². The number of aromatic nitrogens is 4. The number of imidazole rings is 1. The summed E-state index contributed by atoms with van der Waals surface area (Å²) in [5.74, 6) is -0.424. The van der Waals surface area contributed by atoms with E-state index in [1.54, 1.807) is 21.7 Å². The van der Waals surface area contributed by atoms with Crippen LogP contribution in [0.2, 0.25) is 0 Å². The van der Waals surface area contributed by atoms with Gasteiger partial charge < -0.3 is 19.6 Å². The Morgan fingerprint density at radius 1 is 1.05 bits per heavy atom. The Morgan fingerprint density at radius 2 is 1.81 bits per heavy atom. The van der Waals surface area contributed by atoms with E-state index in [-0.39, 0.29) is 23.9 Å². The van der Waals surface area contributed by atoms with Gasteiger partial charge in [-0.2, -0.15) is 5.10 Å². The minimum absolute atomic E-state index is 0.0178. The van der Waals surface area contributed by atoms with Gasteiger partial charge in [-0.3, -0.25) is 10.2 Å². The van der Waals surface area contributed by atoms with Crippen LogP contribution in [0.5, 0.6) is 0 Å². The molecule has 3 aromatic carbocycles. The van der Waals surface area contributed by atoms with Crippen molar-refractivity contribution < 1.29 is 13.9 Å². The fourth-order valence-corrected chi connectivity index (χ4v) is 4.69. The summed E-state index contributed by atoms with van der Waals surface area (Å²) in [6, 6.07) is 20.1. The third kappa shape index (κ3) is 4.47. The van der Waals surface area contributed by atoms with E-state index in [2.05, 4.69) is 9.97 Å². The lowest BCUT2D eigenvalue weighted by atomic mass is 9.96. The number of hydrogen-bond donors (Lipinski definition) is 3. The number of amides is 1. The van der Waals surface area contributed by atoms with Gasteiger partial charge >= 0.3 is 0 Å². The molecular weight excluding hydrogens is 470 g/mol. The van der Waals surface area contributed by atoms with Crippen molar-refractivity contribution in [3.8, 4) is 16.9 Å². The van der Waals surface area contributed by atoms with E-state index in [9.17, 15) is 9.18 Å². The molecule has 8 nitrogen and oxygen atoms in total. The summed E-state index contributed by atoms with van der Waals surface area (Å²) in [4.78, 5) is 20.6. The highest BCUT2D eigenvalue weighted by molar-refractivity contribution is 6.32. The molecule has 1 atom stereocenters. The van der Waals surface area contributed by atoms with Crippen molar-refractivity contribution in [1.82, 2.24) is 24.6 Å². The molecule has 1 fully saturated rings. The molecule has 1 aliphatic heterocycles. The smallest absolute Gasteiger partial charge is 0.250 e. The first-order chi connectivity index (χ1) is 17.9. The first-order valence-electron chi connectivity index (χ1n) is 12.0. The van der Waals surface area contributed by atoms with Crippen LogP contribution >= 0.6 is 0 Å². The van der Waals surface area contributed by atoms with E-state index in [1.165, 1.54) is 12.1 Å². The van der Waals surface area contributed by atoms with Gasteiger partial charge in [0.1, 0.15) is 26.0 Å². The predicted molar refractivity (Wildman–Crippen MR) is 140 cm³/mol. The standard InChI is InChI=1S/C27H24BFN6O2/c28-18-4-8-20(9-5-18)35-14-21(25(33-35)17-2-6-19(29)7-3-17)26-34(24(36)15-37-26)12-11-16-1-10-22-23(13-16)32-27(30)31-22/h1-10,13-14,26H,11-12,15,28H2,(H3,30,31,32). The highest BCUT2D eigenvalue weighted by Gasteiger charge is 2.36. The Morgan fingerprint density at radius 3 is 2.59 bits per heavy atom. The molecule has 3 heterocycles. The van der Waals surface area contributed by atoms with Gasteiger partial charge in [0.25, 0.3) is 5.91 Å². The molecular formula is C27H24BFN6O2. The number of benzene rings is 3. The molecule has 37 heavy (non-hydrogen) atoms. The van der Waals surface area contributed by atoms with E-state index >= 15 is 0 Å². The molecule has 0 spiro atoms. The summed E-state index contributed by atoms with van der Waals surface area (Å²) >= 11 is 0. The molecule has 1 aliphatic rings. The average Bonchev–Trinajstić information content (AvgIpc) is 3.59. The number of carbonyl (C=O) groups excluding carboxylic acids is 1. The van der Waals surface area contributed by atoms with Crippen LogP contribution in [0, 0.1) is 11.2 Å². The second-order valence-electron chi connectivity index (χ2n) is 9.23. The monoisotopic (exact) mass is 494 g/mol. The lowest BCUT2D eigenvalue weighted by Crippen LogP contribution is -2.30. The Bertz CT molecular complexity index is 1660. The third-order valence-electron chi connectivity index (χ3n) is 6.64. The predicted octanol–water partition coefficient (Wildman–Crippen LogP) is 2.33. The zero-order chi connectivity index (χ0) is 25.5. The minimum atomic E-state index is -0.617. The summed E-state index contributed by atoms with van der Waals surface area (Å²) in [5.41, 5.74) is 7.12. The molecule has 0 aliphatic carbocycles. The number of aromatic amines is 2. The van der Waals surface area contributed by atoms with Crippen LogP contribution in [0.4, 0.5) is 4.39 Å². The number of H-pyrrole nitrogens is 2. The molecule has 5 aromatic rings. The van der Waals surface area contributed by atoms with Crippen molar-refractivity contribution in [3.63, 3.8) is 0 Å². The molecule has 1 unspecified atom stereocenters. The number of hydrogen-bond acceptors (Lipinski definition) is 4. The van der Waals surface area contributed by atoms with Crippen LogP contribution in [-0.2, 0) is 16.0 Å². The molecule has 0 saturated carbocycles. The van der Waals surface area contributed by atoms with E-state index in [1.807, 2.05) is 56.5 Å². The summed E-state index contributed by atoms with van der Waals surface area (Å²) in [6.45, 7) is 0.432. The summed E-state index contributed by atoms with van der Waals surface area (Å²) in [6.07, 6.45) is 1.89. The van der Waals surface area contributed by atoms with Gasteiger partial charge in [-0.05, 0) is 60.5 Å². The minimum Gasteiger partial charge on any atom is -0.344 e. The Labute approximate surface area is 212 Å². The van der Waals surface area contributed by atoms with Crippen molar-refractivity contribution in [2.45, 2.75) is 12.6 Å². The number of ether oxygens (including phenoxy) is 1. The summed E-state index contributed by atoms with van der Waals surface area (Å²) < 4.78 is 21.4. The molecule has 184 valence electrons. The SMILES string of the molecule is Bc1ccc(-n2cc(C3OCC(=O)N3CCc3ccc4[nH]c(=N)[nH]c4c3)c(-c3ccc(F)cc3)n2)cc1. The maximum absolute atomic E-state index is 13.7. The summed E-state index contributed by atoms with van der Waals surface area (Å²) in [7, 11) is 2.02. The van der Waals surface area contributed by atoms with Crippen LogP contribution in [0.3, 0.4) is 0 Å². The van der Waals surface area contributed by atoms with Crippen LogP contribution in [-0.4, -0.2) is 51.6 Å². The first kappa shape index (κ1) is 23.0. The molecule has 0 bridgehead atoms. The highest BCUT2D eigenvalue weighted by Crippen LogP contribution is 2.35. The molecule has 3 N–H and O–H groups in total. The van der Waals surface area contributed by atoms with Crippen LogP contribution < -0.4 is 11.1 Å². The quantitative estimate of drug-likeness (QED) is 0.316. The number of nitrogens with zero attached hydrogens (tertiary/aromatic N) is 3. The molecule has 1 saturated heterocycles. The van der Waals surface area contributed by atoms with E-state index in [0.717, 1.165) is 38.9 Å². The van der Waals surface area contributed by atoms with Crippen molar-refractivity contribution in [1.29, 1.82) is 5.41 Å². The van der Waals surface area contributed by atoms with Crippen molar-refractivity contribution in [2.24, 2.45) is 0 Å². The second-order valence-corrected chi connectivity index (χ2v) is 9.23. The average molecular weight is 494 g/mol. The van der Waals surface area contributed by atoms with Gasteiger partial charge in [0.05, 0.1) is 16.7 Å². The number of fused-ring (bicyclic) bond motifs is 1. The van der Waals surface area contributed by atoms with Gasteiger partial charge in [-0.25, -0.2) is 9.07 Å². The topological polar surface area (TPSA) is 103 Å². The Kier molecular flexibility index (Phi) is 5.73. The van der Waals surface area contributed by atoms with Gasteiger partial charge in [0, 0.05) is 23.9 Å². The zero-order valence-electron chi connectivity index (χ0n) is 20.2. The van der Waals surface area contributed by atoms with Crippen LogP contribution in [0.25, 0.3) is 28.0 Å². The maximum Gasteiger partial charge on any atom is 0.250 e. The molecule has 6 rings (SSSR count). The Hall–Kier alpha value is -4.44. The lowest BCUT2D eigenvalue weighted by Gasteiger charge is -2.23. The van der Waals surface area contributed by atoms with E-state index < -0.39 is 6.23 Å². The van der Waals surface area contributed by atoms with Crippen molar-refractivity contribution in [2.75, 3.05) is 13.2 Å². The lowest BCUT2D eigenvalue weighted by molar-refractivity contribution is -0.128. The van der Waals surface area contributed by atoms with Gasteiger partial charge in [0.2, 0.25) is 0 Å².